The fourth-order valence-electron chi connectivity index (χ4n) is 2.75. The predicted molar refractivity (Wildman–Crippen MR) is 84.3 cm³/mol. The summed E-state index contributed by atoms with van der Waals surface area (Å²) in [6.07, 6.45) is 3.94. The van der Waals surface area contributed by atoms with Crippen molar-refractivity contribution in [1.82, 2.24) is 5.32 Å². The molecule has 1 atom stereocenters. The third-order valence-electron chi connectivity index (χ3n) is 4.37. The Labute approximate surface area is 132 Å². The van der Waals surface area contributed by atoms with E-state index in [1.807, 2.05) is 6.92 Å². The zero-order valence-electron chi connectivity index (χ0n) is 13.3. The second-order valence-electron chi connectivity index (χ2n) is 6.10. The highest BCUT2D eigenvalue weighted by Gasteiger charge is 2.44. The molecule has 2 rings (SSSR count). The number of carbonyl (C=O) groups excluding carboxylic acids is 1. The van der Waals surface area contributed by atoms with Crippen LogP contribution < -0.4 is 5.32 Å². The number of sulfone groups is 1. The van der Waals surface area contributed by atoms with E-state index in [9.17, 15) is 13.2 Å². The Morgan fingerprint density at radius 2 is 1.91 bits per heavy atom. The highest BCUT2D eigenvalue weighted by Crippen LogP contribution is 2.41. The Bertz CT molecular complexity index is 633. The van der Waals surface area contributed by atoms with Gasteiger partial charge >= 0.3 is 0 Å². The van der Waals surface area contributed by atoms with Gasteiger partial charge in [-0.05, 0) is 37.5 Å². The number of hydrogen-bond donors (Lipinski definition) is 1. The van der Waals surface area contributed by atoms with Crippen LogP contribution in [0.3, 0.4) is 0 Å². The van der Waals surface area contributed by atoms with E-state index in [2.05, 4.69) is 5.32 Å². The summed E-state index contributed by atoms with van der Waals surface area (Å²) in [5, 5.41) is 3.01. The molecule has 22 heavy (non-hydrogen) atoms. The first-order chi connectivity index (χ1) is 10.3. The van der Waals surface area contributed by atoms with Gasteiger partial charge in [0.05, 0.1) is 23.0 Å². The average Bonchev–Trinajstić information content (AvgIpc) is 2.41. The topological polar surface area (TPSA) is 72.5 Å². The Balaban J connectivity index is 2.06. The minimum Gasteiger partial charge on any atom is -0.384 e. The minimum absolute atomic E-state index is 0.0142. The van der Waals surface area contributed by atoms with Gasteiger partial charge in [-0.3, -0.25) is 4.79 Å². The molecule has 6 heteroatoms. The number of carbonyl (C=O) groups is 1. The molecule has 1 amide bonds. The Hall–Kier alpha value is -1.40. The van der Waals surface area contributed by atoms with Crippen LogP contribution in [-0.2, 0) is 19.4 Å². The van der Waals surface area contributed by atoms with Crippen molar-refractivity contribution in [2.24, 2.45) is 5.41 Å². The van der Waals surface area contributed by atoms with E-state index in [0.29, 0.717) is 6.61 Å². The molecule has 0 saturated heterocycles. The fraction of sp³-hybridized carbons (Fsp3) is 0.562. The Morgan fingerprint density at radius 3 is 2.32 bits per heavy atom. The molecule has 0 bridgehead atoms. The number of hydrogen-bond acceptors (Lipinski definition) is 4. The molecule has 1 aromatic carbocycles. The third-order valence-corrected chi connectivity index (χ3v) is 5.50. The van der Waals surface area contributed by atoms with E-state index in [1.54, 1.807) is 31.4 Å². The molecule has 1 N–H and O–H groups in total. The lowest BCUT2D eigenvalue weighted by atomic mass is 9.68. The van der Waals surface area contributed by atoms with Gasteiger partial charge in [-0.25, -0.2) is 8.42 Å². The van der Waals surface area contributed by atoms with Gasteiger partial charge in [-0.15, -0.1) is 0 Å². The van der Waals surface area contributed by atoms with Crippen molar-refractivity contribution < 1.29 is 17.9 Å². The van der Waals surface area contributed by atoms with E-state index in [4.69, 9.17) is 4.74 Å². The zero-order chi connectivity index (χ0) is 16.4. The summed E-state index contributed by atoms with van der Waals surface area (Å²) in [5.41, 5.74) is 0.489. The lowest BCUT2D eigenvalue weighted by molar-refractivity contribution is -0.141. The van der Waals surface area contributed by atoms with Crippen molar-refractivity contribution in [3.05, 3.63) is 29.8 Å². The average molecular weight is 325 g/mol. The molecular weight excluding hydrogens is 302 g/mol. The van der Waals surface area contributed by atoms with Crippen molar-refractivity contribution in [2.75, 3.05) is 20.0 Å². The first-order valence-electron chi connectivity index (χ1n) is 7.38. The SMILES string of the molecule is COCC1(C(=O)N[C@H](C)c2ccc(S(C)(=O)=O)cc2)CCC1. The summed E-state index contributed by atoms with van der Waals surface area (Å²) in [7, 11) is -1.59. The molecule has 0 spiro atoms. The Kier molecular flexibility index (Phi) is 4.92. The lowest BCUT2D eigenvalue weighted by Crippen LogP contribution is -2.49. The maximum absolute atomic E-state index is 12.5. The summed E-state index contributed by atoms with van der Waals surface area (Å²) < 4.78 is 28.1. The molecule has 1 saturated carbocycles. The largest absolute Gasteiger partial charge is 0.384 e. The number of amides is 1. The number of nitrogens with one attached hydrogen (secondary N) is 1. The van der Waals surface area contributed by atoms with Crippen LogP contribution in [0.1, 0.15) is 37.8 Å². The molecule has 0 aliphatic heterocycles. The van der Waals surface area contributed by atoms with Crippen molar-refractivity contribution in [2.45, 2.75) is 37.1 Å². The molecule has 0 aromatic heterocycles. The van der Waals surface area contributed by atoms with Gasteiger partial charge in [0, 0.05) is 13.4 Å². The van der Waals surface area contributed by atoms with Crippen LogP contribution in [0.5, 0.6) is 0 Å². The smallest absolute Gasteiger partial charge is 0.229 e. The highest BCUT2D eigenvalue weighted by atomic mass is 32.2. The highest BCUT2D eigenvalue weighted by molar-refractivity contribution is 7.90. The third kappa shape index (κ3) is 3.50. The van der Waals surface area contributed by atoms with Crippen LogP contribution in [0.25, 0.3) is 0 Å². The van der Waals surface area contributed by atoms with Crippen LogP contribution >= 0.6 is 0 Å². The molecule has 0 radical (unpaired) electrons. The second kappa shape index (κ2) is 6.38. The van der Waals surface area contributed by atoms with Crippen molar-refractivity contribution in [3.63, 3.8) is 0 Å². The normalized spacial score (nSPS) is 18.3. The maximum Gasteiger partial charge on any atom is 0.229 e. The van der Waals surface area contributed by atoms with Crippen molar-refractivity contribution in [1.29, 1.82) is 0 Å². The molecule has 1 aliphatic carbocycles. The zero-order valence-corrected chi connectivity index (χ0v) is 14.1. The maximum atomic E-state index is 12.5. The molecule has 0 heterocycles. The number of methoxy groups -OCH3 is 1. The summed E-state index contributed by atoms with van der Waals surface area (Å²) >= 11 is 0. The van der Waals surface area contributed by atoms with Gasteiger partial charge in [0.15, 0.2) is 9.84 Å². The summed E-state index contributed by atoms with van der Waals surface area (Å²) in [6.45, 7) is 2.34. The Morgan fingerprint density at radius 1 is 1.32 bits per heavy atom. The lowest BCUT2D eigenvalue weighted by Gasteiger charge is -2.40. The van der Waals surface area contributed by atoms with Crippen molar-refractivity contribution >= 4 is 15.7 Å². The van der Waals surface area contributed by atoms with Gasteiger partial charge in [0.1, 0.15) is 0 Å². The van der Waals surface area contributed by atoms with Crippen molar-refractivity contribution in [3.8, 4) is 0 Å². The summed E-state index contributed by atoms with van der Waals surface area (Å²) in [4.78, 5) is 12.7. The van der Waals surface area contributed by atoms with E-state index >= 15 is 0 Å². The van der Waals surface area contributed by atoms with Gasteiger partial charge in [0.2, 0.25) is 5.91 Å². The molecule has 0 unspecified atom stereocenters. The number of rotatable bonds is 6. The van der Waals surface area contributed by atoms with Gasteiger partial charge in [-0.1, -0.05) is 18.6 Å². The van der Waals surface area contributed by atoms with Crippen LogP contribution in [0.15, 0.2) is 29.2 Å². The molecule has 1 aromatic rings. The van der Waals surface area contributed by atoms with E-state index in [1.165, 1.54) is 6.26 Å². The molecule has 122 valence electrons. The van der Waals surface area contributed by atoms with Gasteiger partial charge in [0.25, 0.3) is 0 Å². The minimum atomic E-state index is -3.20. The second-order valence-corrected chi connectivity index (χ2v) is 8.12. The number of ether oxygens (including phenoxy) is 1. The quantitative estimate of drug-likeness (QED) is 0.869. The van der Waals surface area contributed by atoms with E-state index in [-0.39, 0.29) is 16.8 Å². The molecule has 1 fully saturated rings. The van der Waals surface area contributed by atoms with E-state index in [0.717, 1.165) is 24.8 Å². The monoisotopic (exact) mass is 325 g/mol. The van der Waals surface area contributed by atoms with Crippen LogP contribution in [0.2, 0.25) is 0 Å². The first kappa shape index (κ1) is 17.0. The van der Waals surface area contributed by atoms with Gasteiger partial charge < -0.3 is 10.1 Å². The van der Waals surface area contributed by atoms with Gasteiger partial charge in [-0.2, -0.15) is 0 Å². The predicted octanol–water partition coefficient (Wildman–Crippen LogP) is 2.08. The summed E-state index contributed by atoms with van der Waals surface area (Å²) in [6, 6.07) is 6.45. The van der Waals surface area contributed by atoms with Crippen LogP contribution in [0.4, 0.5) is 0 Å². The first-order valence-corrected chi connectivity index (χ1v) is 9.27. The standard InChI is InChI=1S/C16H23NO4S/c1-12(13-5-7-14(8-6-13)22(3,19)20)17-15(18)16(11-21-2)9-4-10-16/h5-8,12H,4,9-11H2,1-3H3,(H,17,18)/t12-/m1/s1. The van der Waals surface area contributed by atoms with Crippen LogP contribution in [-0.4, -0.2) is 34.3 Å². The summed E-state index contributed by atoms with van der Waals surface area (Å²) in [5.74, 6) is 0.0142. The fourth-order valence-corrected chi connectivity index (χ4v) is 3.38. The van der Waals surface area contributed by atoms with E-state index < -0.39 is 15.3 Å². The van der Waals surface area contributed by atoms with Crippen LogP contribution in [0, 0.1) is 5.41 Å². The molecule has 5 nitrogen and oxygen atoms in total. The molecule has 1 aliphatic rings. The molecular formula is C16H23NO4S. The number of benzene rings is 1.